The first-order valence-electron chi connectivity index (χ1n) is 9.44. The highest BCUT2D eigenvalue weighted by Crippen LogP contribution is 2.32. The summed E-state index contributed by atoms with van der Waals surface area (Å²) in [7, 11) is 0. The molecule has 4 aromatic heterocycles. The number of carbonyl (C=O) groups is 1. The van der Waals surface area contributed by atoms with Crippen LogP contribution in [0.25, 0.3) is 27.2 Å². The van der Waals surface area contributed by atoms with Gasteiger partial charge in [-0.3, -0.25) is 4.98 Å². The van der Waals surface area contributed by atoms with Gasteiger partial charge in [0.2, 0.25) is 5.88 Å². The second-order valence-corrected chi connectivity index (χ2v) is 7.77. The van der Waals surface area contributed by atoms with Crippen molar-refractivity contribution in [3.8, 4) is 27.9 Å². The fraction of sp³-hybridized carbons (Fsp3) is 0.0476. The average molecular weight is 463 g/mol. The number of benzene rings is 1. The summed E-state index contributed by atoms with van der Waals surface area (Å²) in [6, 6.07) is 9.43. The molecule has 0 unspecified atom stereocenters. The van der Waals surface area contributed by atoms with Crippen molar-refractivity contribution in [3.05, 3.63) is 76.0 Å². The number of nitrogens with zero attached hydrogens (tertiary/aromatic N) is 5. The number of carboxylic acid groups (broad SMARTS) is 1. The number of aromatic nitrogens is 5. The number of carboxylic acids is 1. The molecular weight excluding hydrogens is 450 g/mol. The monoisotopic (exact) mass is 463 g/mol. The van der Waals surface area contributed by atoms with Crippen molar-refractivity contribution in [2.75, 3.05) is 0 Å². The Morgan fingerprint density at radius 2 is 2.09 bits per heavy atom. The maximum atomic E-state index is 12.5. The fourth-order valence-corrected chi connectivity index (χ4v) is 3.93. The van der Waals surface area contributed by atoms with Crippen LogP contribution >= 0.6 is 11.3 Å². The molecule has 0 aliphatic rings. The SMILES string of the molecule is O=C(O)c1sc(-c2cccnc2)nc1OCc1cnnn1-c1cc2ccc(O)cc2oc1=O. The molecule has 0 amide bonds. The summed E-state index contributed by atoms with van der Waals surface area (Å²) >= 11 is 0.964. The summed E-state index contributed by atoms with van der Waals surface area (Å²) in [6.07, 6.45) is 4.56. The molecule has 2 N–H and O–H groups in total. The molecule has 11 nitrogen and oxygen atoms in total. The molecule has 1 aromatic carbocycles. The zero-order valence-electron chi connectivity index (χ0n) is 16.6. The van der Waals surface area contributed by atoms with Gasteiger partial charge in [0, 0.05) is 29.4 Å². The van der Waals surface area contributed by atoms with Crippen molar-refractivity contribution < 1.29 is 24.2 Å². The molecule has 164 valence electrons. The van der Waals surface area contributed by atoms with E-state index in [1.165, 1.54) is 23.0 Å². The van der Waals surface area contributed by atoms with E-state index in [4.69, 9.17) is 9.15 Å². The minimum atomic E-state index is -1.18. The zero-order chi connectivity index (χ0) is 22.9. The number of thiazole rings is 1. The van der Waals surface area contributed by atoms with Gasteiger partial charge in [0.25, 0.3) is 0 Å². The predicted molar refractivity (Wildman–Crippen MR) is 116 cm³/mol. The number of fused-ring (bicyclic) bond motifs is 1. The quantitative estimate of drug-likeness (QED) is 0.359. The molecule has 0 radical (unpaired) electrons. The molecular formula is C21H13N5O6S. The average Bonchev–Trinajstić information content (AvgIpc) is 3.45. The van der Waals surface area contributed by atoms with Gasteiger partial charge in [0.05, 0.1) is 6.20 Å². The smallest absolute Gasteiger partial charge is 0.362 e. The predicted octanol–water partition coefficient (Wildman–Crippen LogP) is 2.88. The van der Waals surface area contributed by atoms with Crippen molar-refractivity contribution in [2.45, 2.75) is 6.61 Å². The third kappa shape index (κ3) is 3.90. The molecule has 4 heterocycles. The second-order valence-electron chi connectivity index (χ2n) is 6.77. The minimum absolute atomic E-state index is 0.0311. The normalized spacial score (nSPS) is 11.0. The Balaban J connectivity index is 1.46. The van der Waals surface area contributed by atoms with Crippen LogP contribution in [0.4, 0.5) is 0 Å². The molecule has 33 heavy (non-hydrogen) atoms. The van der Waals surface area contributed by atoms with E-state index in [0.29, 0.717) is 21.7 Å². The maximum Gasteiger partial charge on any atom is 0.362 e. The Morgan fingerprint density at radius 1 is 1.21 bits per heavy atom. The summed E-state index contributed by atoms with van der Waals surface area (Å²) in [5.74, 6) is -1.28. The molecule has 0 fully saturated rings. The Hall–Kier alpha value is -4.58. The van der Waals surface area contributed by atoms with Crippen LogP contribution < -0.4 is 10.4 Å². The number of rotatable bonds is 6. The van der Waals surface area contributed by atoms with Crippen LogP contribution in [0.5, 0.6) is 11.6 Å². The second kappa shape index (κ2) is 8.16. The van der Waals surface area contributed by atoms with E-state index in [1.807, 2.05) is 0 Å². The molecule has 0 atom stereocenters. The van der Waals surface area contributed by atoms with E-state index in [1.54, 1.807) is 36.7 Å². The number of phenolic OH excluding ortho intramolecular Hbond substituents is 1. The lowest BCUT2D eigenvalue weighted by Crippen LogP contribution is -2.15. The van der Waals surface area contributed by atoms with Crippen LogP contribution in [-0.2, 0) is 6.61 Å². The van der Waals surface area contributed by atoms with Gasteiger partial charge >= 0.3 is 11.6 Å². The van der Waals surface area contributed by atoms with E-state index in [0.717, 1.165) is 11.3 Å². The van der Waals surface area contributed by atoms with Gasteiger partial charge in [-0.1, -0.05) is 5.21 Å². The summed E-state index contributed by atoms with van der Waals surface area (Å²) < 4.78 is 12.2. The van der Waals surface area contributed by atoms with Gasteiger partial charge in [-0.15, -0.1) is 16.4 Å². The maximum absolute atomic E-state index is 12.5. The number of ether oxygens (including phenoxy) is 1. The third-order valence-electron chi connectivity index (χ3n) is 4.60. The van der Waals surface area contributed by atoms with Crippen LogP contribution in [0.1, 0.15) is 15.4 Å². The first-order chi connectivity index (χ1) is 16.0. The summed E-state index contributed by atoms with van der Waals surface area (Å²) in [4.78, 5) is 32.4. The first kappa shape index (κ1) is 20.3. The Labute approximate surface area is 188 Å². The van der Waals surface area contributed by atoms with Crippen LogP contribution in [0, 0.1) is 0 Å². The van der Waals surface area contributed by atoms with Crippen molar-refractivity contribution in [1.29, 1.82) is 0 Å². The molecule has 0 aliphatic heterocycles. The van der Waals surface area contributed by atoms with E-state index >= 15 is 0 Å². The fourth-order valence-electron chi connectivity index (χ4n) is 3.09. The van der Waals surface area contributed by atoms with Crippen LogP contribution in [0.3, 0.4) is 0 Å². The van der Waals surface area contributed by atoms with Gasteiger partial charge in [-0.25, -0.2) is 19.3 Å². The van der Waals surface area contributed by atoms with Gasteiger partial charge in [0.1, 0.15) is 28.6 Å². The highest BCUT2D eigenvalue weighted by molar-refractivity contribution is 7.17. The van der Waals surface area contributed by atoms with E-state index in [9.17, 15) is 19.8 Å². The molecule has 0 aliphatic carbocycles. The highest BCUT2D eigenvalue weighted by atomic mass is 32.1. The van der Waals surface area contributed by atoms with Crippen molar-refractivity contribution in [2.24, 2.45) is 0 Å². The molecule has 5 rings (SSSR count). The topological polar surface area (TPSA) is 153 Å². The van der Waals surface area contributed by atoms with E-state index in [2.05, 4.69) is 20.3 Å². The summed E-state index contributed by atoms with van der Waals surface area (Å²) in [5.41, 5.74) is 0.632. The minimum Gasteiger partial charge on any atom is -0.508 e. The van der Waals surface area contributed by atoms with Gasteiger partial charge in [0.15, 0.2) is 10.6 Å². The lowest BCUT2D eigenvalue weighted by atomic mass is 10.2. The van der Waals surface area contributed by atoms with Crippen molar-refractivity contribution >= 4 is 28.3 Å². The molecule has 0 saturated carbocycles. The van der Waals surface area contributed by atoms with Gasteiger partial charge in [-0.2, -0.15) is 0 Å². The van der Waals surface area contributed by atoms with E-state index in [-0.39, 0.29) is 34.4 Å². The number of pyridine rings is 1. The highest BCUT2D eigenvalue weighted by Gasteiger charge is 2.21. The van der Waals surface area contributed by atoms with Gasteiger partial charge < -0.3 is 19.4 Å². The summed E-state index contributed by atoms with van der Waals surface area (Å²) in [5, 5.41) is 27.9. The van der Waals surface area contributed by atoms with Crippen LogP contribution in [0.2, 0.25) is 0 Å². The standard InChI is InChI=1S/C21H13N5O6S/c27-14-4-3-11-6-15(21(30)32-16(11)7-14)26-13(9-23-25-26)10-31-18-17(20(28)29)33-19(24-18)12-2-1-5-22-8-12/h1-9,27H,10H2,(H,28,29). The number of aromatic hydroxyl groups is 1. The largest absolute Gasteiger partial charge is 0.508 e. The van der Waals surface area contributed by atoms with Crippen molar-refractivity contribution in [1.82, 2.24) is 25.0 Å². The number of phenols is 1. The van der Waals surface area contributed by atoms with Crippen LogP contribution in [0.15, 0.2) is 64.2 Å². The first-order valence-corrected chi connectivity index (χ1v) is 10.3. The molecule has 5 aromatic rings. The lowest BCUT2D eigenvalue weighted by molar-refractivity contribution is 0.0696. The molecule has 12 heteroatoms. The molecule has 0 bridgehead atoms. The van der Waals surface area contributed by atoms with Crippen LogP contribution in [-0.4, -0.2) is 41.1 Å². The Bertz CT molecular complexity index is 1540. The number of hydrogen-bond acceptors (Lipinski definition) is 10. The number of hydrogen-bond donors (Lipinski definition) is 2. The van der Waals surface area contributed by atoms with Gasteiger partial charge in [-0.05, 0) is 30.3 Å². The Morgan fingerprint density at radius 3 is 2.88 bits per heavy atom. The molecule has 0 spiro atoms. The lowest BCUT2D eigenvalue weighted by Gasteiger charge is -2.07. The number of aromatic carboxylic acids is 1. The third-order valence-corrected chi connectivity index (χ3v) is 5.68. The molecule has 0 saturated heterocycles. The Kier molecular flexibility index (Phi) is 5.03. The van der Waals surface area contributed by atoms with E-state index < -0.39 is 11.6 Å². The van der Waals surface area contributed by atoms with Crippen molar-refractivity contribution in [3.63, 3.8) is 0 Å². The summed E-state index contributed by atoms with van der Waals surface area (Å²) in [6.45, 7) is -0.156. The zero-order valence-corrected chi connectivity index (χ0v) is 17.4.